The van der Waals surface area contributed by atoms with Crippen molar-refractivity contribution in [2.45, 2.75) is 25.8 Å². The maximum atomic E-state index is 12.8. The average Bonchev–Trinajstić information content (AvgIpc) is 3.13. The van der Waals surface area contributed by atoms with Crippen LogP contribution in [0.3, 0.4) is 0 Å². The molecule has 0 saturated carbocycles. The van der Waals surface area contributed by atoms with Crippen LogP contribution in [0.1, 0.15) is 28.9 Å². The molecule has 2 aromatic carbocycles. The summed E-state index contributed by atoms with van der Waals surface area (Å²) in [6.45, 7) is 3.21. The SMILES string of the molecule is Cc1ccc(NC(=O)NC2CCN(C(=O)c3cc4cc(Cl)ccc4[nH]3)CC2)cc1. The van der Waals surface area contributed by atoms with E-state index in [9.17, 15) is 9.59 Å². The van der Waals surface area contributed by atoms with Crippen molar-refractivity contribution >= 4 is 40.1 Å². The minimum atomic E-state index is -0.217. The molecule has 2 heterocycles. The van der Waals surface area contributed by atoms with Crippen molar-refractivity contribution in [1.82, 2.24) is 15.2 Å². The summed E-state index contributed by atoms with van der Waals surface area (Å²) in [6, 6.07) is 14.8. The van der Waals surface area contributed by atoms with Crippen molar-refractivity contribution in [3.05, 3.63) is 64.8 Å². The fraction of sp³-hybridized carbons (Fsp3) is 0.273. The van der Waals surface area contributed by atoms with Gasteiger partial charge in [-0.15, -0.1) is 0 Å². The van der Waals surface area contributed by atoms with Gasteiger partial charge in [0.1, 0.15) is 5.69 Å². The van der Waals surface area contributed by atoms with Crippen LogP contribution in [-0.4, -0.2) is 41.0 Å². The van der Waals surface area contributed by atoms with Gasteiger partial charge in [-0.1, -0.05) is 29.3 Å². The summed E-state index contributed by atoms with van der Waals surface area (Å²) in [5.74, 6) is -0.0279. The molecule has 29 heavy (non-hydrogen) atoms. The fourth-order valence-corrected chi connectivity index (χ4v) is 3.79. The summed E-state index contributed by atoms with van der Waals surface area (Å²) < 4.78 is 0. The normalized spacial score (nSPS) is 14.8. The topological polar surface area (TPSA) is 77.2 Å². The Bertz CT molecular complexity index is 1040. The zero-order valence-electron chi connectivity index (χ0n) is 16.2. The van der Waals surface area contributed by atoms with Crippen LogP contribution in [-0.2, 0) is 0 Å². The van der Waals surface area contributed by atoms with Gasteiger partial charge in [-0.25, -0.2) is 4.79 Å². The number of carbonyl (C=O) groups is 2. The van der Waals surface area contributed by atoms with Crippen LogP contribution >= 0.6 is 11.6 Å². The largest absolute Gasteiger partial charge is 0.351 e. The maximum absolute atomic E-state index is 12.8. The number of halogens is 1. The lowest BCUT2D eigenvalue weighted by Gasteiger charge is -2.32. The third-order valence-corrected chi connectivity index (χ3v) is 5.48. The zero-order valence-corrected chi connectivity index (χ0v) is 16.9. The molecular weight excluding hydrogens is 388 g/mol. The van der Waals surface area contributed by atoms with E-state index in [1.165, 1.54) is 0 Å². The lowest BCUT2D eigenvalue weighted by atomic mass is 10.0. The number of fused-ring (bicyclic) bond motifs is 1. The Morgan fingerprint density at radius 3 is 2.52 bits per heavy atom. The number of anilines is 1. The lowest BCUT2D eigenvalue weighted by molar-refractivity contribution is 0.0704. The van der Waals surface area contributed by atoms with Crippen LogP contribution in [0.4, 0.5) is 10.5 Å². The first-order valence-corrected chi connectivity index (χ1v) is 10.1. The highest BCUT2D eigenvalue weighted by molar-refractivity contribution is 6.31. The molecule has 0 atom stereocenters. The van der Waals surface area contributed by atoms with Crippen molar-refractivity contribution < 1.29 is 9.59 Å². The number of hydrogen-bond acceptors (Lipinski definition) is 2. The fourth-order valence-electron chi connectivity index (χ4n) is 3.61. The monoisotopic (exact) mass is 410 g/mol. The van der Waals surface area contributed by atoms with Gasteiger partial charge in [0.2, 0.25) is 0 Å². The van der Waals surface area contributed by atoms with Gasteiger partial charge in [0, 0.05) is 40.7 Å². The van der Waals surface area contributed by atoms with Crippen molar-refractivity contribution in [3.8, 4) is 0 Å². The molecule has 150 valence electrons. The summed E-state index contributed by atoms with van der Waals surface area (Å²) in [6.07, 6.45) is 1.44. The van der Waals surface area contributed by atoms with Gasteiger partial charge < -0.3 is 20.5 Å². The summed E-state index contributed by atoms with van der Waals surface area (Å²) in [5.41, 5.74) is 3.36. The van der Waals surface area contributed by atoms with E-state index in [0.717, 1.165) is 35.0 Å². The van der Waals surface area contributed by atoms with E-state index in [2.05, 4.69) is 15.6 Å². The molecule has 0 spiro atoms. The molecule has 0 radical (unpaired) electrons. The smallest absolute Gasteiger partial charge is 0.319 e. The third kappa shape index (κ3) is 4.54. The molecule has 1 saturated heterocycles. The number of nitrogens with zero attached hydrogens (tertiary/aromatic N) is 1. The summed E-state index contributed by atoms with van der Waals surface area (Å²) in [4.78, 5) is 30.0. The molecule has 1 aromatic heterocycles. The van der Waals surface area contributed by atoms with E-state index in [0.29, 0.717) is 23.8 Å². The molecule has 3 N–H and O–H groups in total. The van der Waals surface area contributed by atoms with Crippen LogP contribution < -0.4 is 10.6 Å². The number of amides is 3. The number of H-pyrrole nitrogens is 1. The number of aromatic nitrogens is 1. The predicted molar refractivity (Wildman–Crippen MR) is 116 cm³/mol. The van der Waals surface area contributed by atoms with Crippen molar-refractivity contribution in [1.29, 1.82) is 0 Å². The predicted octanol–water partition coefficient (Wildman–Crippen LogP) is 4.56. The van der Waals surface area contributed by atoms with Gasteiger partial charge in [0.05, 0.1) is 0 Å². The van der Waals surface area contributed by atoms with Crippen molar-refractivity contribution in [2.24, 2.45) is 0 Å². The first-order chi connectivity index (χ1) is 14.0. The zero-order chi connectivity index (χ0) is 20.4. The second-order valence-electron chi connectivity index (χ2n) is 7.45. The summed E-state index contributed by atoms with van der Waals surface area (Å²) >= 11 is 6.02. The second kappa shape index (κ2) is 8.17. The number of aryl methyl sites for hydroxylation is 1. The molecule has 0 aliphatic carbocycles. The molecule has 0 bridgehead atoms. The van der Waals surface area contributed by atoms with Gasteiger partial charge >= 0.3 is 6.03 Å². The maximum Gasteiger partial charge on any atom is 0.319 e. The number of nitrogens with one attached hydrogen (secondary N) is 3. The Labute approximate surface area is 174 Å². The highest BCUT2D eigenvalue weighted by Crippen LogP contribution is 2.22. The van der Waals surface area contributed by atoms with Crippen molar-refractivity contribution in [2.75, 3.05) is 18.4 Å². The van der Waals surface area contributed by atoms with Crippen molar-refractivity contribution in [3.63, 3.8) is 0 Å². The lowest BCUT2D eigenvalue weighted by Crippen LogP contribution is -2.47. The quantitative estimate of drug-likeness (QED) is 0.592. The molecular formula is C22H23ClN4O2. The minimum Gasteiger partial charge on any atom is -0.351 e. The second-order valence-corrected chi connectivity index (χ2v) is 7.88. The van der Waals surface area contributed by atoms with Crippen LogP contribution in [0.5, 0.6) is 0 Å². The molecule has 6 nitrogen and oxygen atoms in total. The number of benzene rings is 2. The van der Waals surface area contributed by atoms with Crippen LogP contribution in [0.15, 0.2) is 48.5 Å². The number of aromatic amines is 1. The Morgan fingerprint density at radius 1 is 1.07 bits per heavy atom. The Morgan fingerprint density at radius 2 is 1.79 bits per heavy atom. The van der Waals surface area contributed by atoms with E-state index in [1.54, 1.807) is 6.07 Å². The summed E-state index contributed by atoms with van der Waals surface area (Å²) in [5, 5.41) is 7.41. The van der Waals surface area contributed by atoms with E-state index in [-0.39, 0.29) is 18.0 Å². The minimum absolute atomic E-state index is 0.0279. The highest BCUT2D eigenvalue weighted by Gasteiger charge is 2.25. The highest BCUT2D eigenvalue weighted by atomic mass is 35.5. The van der Waals surface area contributed by atoms with E-state index < -0.39 is 0 Å². The number of piperidine rings is 1. The number of likely N-dealkylation sites (tertiary alicyclic amines) is 1. The van der Waals surface area contributed by atoms with Gasteiger partial charge in [-0.2, -0.15) is 0 Å². The molecule has 0 unspecified atom stereocenters. The van der Waals surface area contributed by atoms with Gasteiger partial charge in [-0.3, -0.25) is 4.79 Å². The summed E-state index contributed by atoms with van der Waals surface area (Å²) in [7, 11) is 0. The number of urea groups is 1. The first-order valence-electron chi connectivity index (χ1n) is 9.70. The Balaban J connectivity index is 1.30. The van der Waals surface area contributed by atoms with Crippen LogP contribution in [0.25, 0.3) is 10.9 Å². The molecule has 1 fully saturated rings. The number of rotatable bonds is 3. The third-order valence-electron chi connectivity index (χ3n) is 5.24. The standard InChI is InChI=1S/C22H23ClN4O2/c1-14-2-5-17(6-3-14)24-22(29)25-18-8-10-27(11-9-18)21(28)20-13-15-12-16(23)4-7-19(15)26-20/h2-7,12-13,18,26H,8-11H2,1H3,(H2,24,25,29). The molecule has 3 aromatic rings. The Hall–Kier alpha value is -2.99. The van der Waals surface area contributed by atoms with Crippen LogP contribution in [0, 0.1) is 6.92 Å². The van der Waals surface area contributed by atoms with Crippen LogP contribution in [0.2, 0.25) is 5.02 Å². The average molecular weight is 411 g/mol. The molecule has 7 heteroatoms. The Kier molecular flexibility index (Phi) is 5.45. The molecule has 4 rings (SSSR count). The van der Waals surface area contributed by atoms with Gasteiger partial charge in [0.15, 0.2) is 0 Å². The molecule has 1 aliphatic rings. The number of carbonyl (C=O) groups excluding carboxylic acids is 2. The van der Waals surface area contributed by atoms with E-state index >= 15 is 0 Å². The molecule has 1 aliphatic heterocycles. The number of hydrogen-bond donors (Lipinski definition) is 3. The van der Waals surface area contributed by atoms with E-state index in [4.69, 9.17) is 11.6 Å². The van der Waals surface area contributed by atoms with Gasteiger partial charge in [0.25, 0.3) is 5.91 Å². The molecule has 3 amide bonds. The van der Waals surface area contributed by atoms with E-state index in [1.807, 2.05) is 54.3 Å². The van der Waals surface area contributed by atoms with Gasteiger partial charge in [-0.05, 0) is 56.2 Å². The first kappa shape index (κ1) is 19.3.